The minimum Gasteiger partial charge on any atom is -0.396 e. The average Bonchev–Trinajstić information content (AvgIpc) is 1.52. The Morgan fingerprint density at radius 1 is 0.417 bits per heavy atom. The predicted octanol–water partition coefficient (Wildman–Crippen LogP) is 14.2. The van der Waals surface area contributed by atoms with E-state index in [1.54, 1.807) is 0 Å². The Morgan fingerprint density at radius 2 is 0.698 bits per heavy atom. The fraction of sp³-hybridized carbons (Fsp3) is 0.974. The molecule has 0 aromatic rings. The maximum atomic E-state index is 11.5. The zero-order valence-electron chi connectivity index (χ0n) is 70.7. The first kappa shape index (κ1) is 113. The summed E-state index contributed by atoms with van der Waals surface area (Å²) >= 11 is 0. The lowest BCUT2D eigenvalue weighted by Crippen LogP contribution is -2.57. The van der Waals surface area contributed by atoms with E-state index in [0.717, 1.165) is 118 Å². The Kier molecular flexibility index (Phi) is 85.8. The molecule has 0 aromatic carbocycles. The van der Waals surface area contributed by atoms with Gasteiger partial charge in [-0.05, 0) is 140 Å². The van der Waals surface area contributed by atoms with E-state index in [4.69, 9.17) is 23.4 Å². The lowest BCUT2D eigenvalue weighted by Gasteiger charge is -2.39. The number of nitrogens with one attached hydrogen (secondary N) is 9. The number of halogens is 2. The molecule has 0 aliphatic carbocycles. The zero-order chi connectivity index (χ0) is 77.3. The van der Waals surface area contributed by atoms with Gasteiger partial charge in [-0.2, -0.15) is 0 Å². The van der Waals surface area contributed by atoms with Crippen LogP contribution in [0.1, 0.15) is 240 Å². The van der Waals surface area contributed by atoms with Crippen molar-refractivity contribution in [3.8, 4) is 0 Å². The van der Waals surface area contributed by atoms with Gasteiger partial charge in [0.15, 0.2) is 0 Å². The molecule has 2 unspecified atom stereocenters. The number of aliphatic hydroxyl groups is 3. The van der Waals surface area contributed by atoms with Crippen LogP contribution in [0.4, 0.5) is 8.78 Å². The predicted molar refractivity (Wildman–Crippen MR) is 425 cm³/mol. The summed E-state index contributed by atoms with van der Waals surface area (Å²) in [5.74, 6) is 5.59. The summed E-state index contributed by atoms with van der Waals surface area (Å²) in [4.78, 5) is 11.1. The smallest absolute Gasteiger partial charge is 0.277 e. The first-order valence-corrected chi connectivity index (χ1v) is 37.7. The molecule has 9 fully saturated rings. The molecule has 0 saturated carbocycles. The van der Waals surface area contributed by atoms with Gasteiger partial charge in [0.05, 0.1) is 45.0 Å². The first-order chi connectivity index (χ1) is 43.9. The highest BCUT2D eigenvalue weighted by Gasteiger charge is 2.36. The van der Waals surface area contributed by atoms with Crippen molar-refractivity contribution in [3.05, 3.63) is 22.8 Å². The summed E-state index contributed by atoms with van der Waals surface area (Å²) in [5, 5.41) is 54.0. The van der Waals surface area contributed by atoms with Crippen LogP contribution < -0.4 is 47.9 Å². The number of hydrogen-bond acceptors (Lipinski definition) is 14. The van der Waals surface area contributed by atoms with E-state index in [9.17, 15) is 13.9 Å². The van der Waals surface area contributed by atoms with Crippen LogP contribution in [-0.2, 0) is 0 Å². The van der Waals surface area contributed by atoms with Crippen LogP contribution in [0.2, 0.25) is 0 Å². The van der Waals surface area contributed by atoms with Gasteiger partial charge in [-0.3, -0.25) is 4.85 Å². The minimum atomic E-state index is -2.39. The summed E-state index contributed by atoms with van der Waals surface area (Å²) in [6.45, 7) is 95.6. The molecule has 9 rings (SSSR count). The van der Waals surface area contributed by atoms with Crippen LogP contribution in [0.15, 0.2) is 0 Å². The van der Waals surface area contributed by atoms with E-state index >= 15 is 0 Å². The van der Waals surface area contributed by atoms with Gasteiger partial charge in [0.25, 0.3) is 12.1 Å². The molecule has 18 heteroatoms. The summed E-state index contributed by atoms with van der Waals surface area (Å²) in [5.41, 5.74) is -0.0503. The van der Waals surface area contributed by atoms with Gasteiger partial charge in [-0.15, -0.1) is 0 Å². The summed E-state index contributed by atoms with van der Waals surface area (Å²) in [6, 6.07) is 1.89. The Bertz CT molecular complexity index is 1430. The van der Waals surface area contributed by atoms with Crippen LogP contribution in [-0.4, -0.2) is 214 Å². The molecule has 0 bridgehead atoms. The van der Waals surface area contributed by atoms with Crippen molar-refractivity contribution in [2.45, 2.75) is 276 Å². The normalized spacial score (nSPS) is 19.6. The number of alkyl halides is 2. The number of rotatable bonds is 5. The Morgan fingerprint density at radius 3 is 0.740 bits per heavy atom. The summed E-state index contributed by atoms with van der Waals surface area (Å²) in [7, 11) is 8.51. The van der Waals surface area contributed by atoms with Crippen LogP contribution in [0.3, 0.4) is 0 Å². The van der Waals surface area contributed by atoms with Crippen molar-refractivity contribution in [1.82, 2.24) is 57.7 Å². The molecule has 0 radical (unpaired) electrons. The van der Waals surface area contributed by atoms with Gasteiger partial charge in [0.1, 0.15) is 0 Å². The first-order valence-electron chi connectivity index (χ1n) is 37.7. The average molecular weight is 1380 g/mol. The molecule has 586 valence electrons. The number of nitrogens with zero attached hydrogens (tertiary/aromatic N) is 4. The molecular formula is C78H177F2N13O3. The topological polar surface area (TPSA) is 184 Å². The van der Waals surface area contributed by atoms with E-state index in [-0.39, 0.29) is 37.9 Å². The SMILES string of the molecule is C1CNC1.CC(C)(O)C1CNC1.CC(C)C.CC(C)C.CC(C)C.CC(C)C.CC(C)C.CC(C)C.CC(C)C.CC(C)C.CC(C)C.CC1(C)CNC1.CN(C)C1CCNC1.CN(C)C1CNC1.FC1(F)CNC1.OCC1(CO)CNC1.[C-]#[N+]C1CCCN1.[C-]#[N+]C1CNC1. The number of likely N-dealkylation sites (N-methyl/N-ethyl adjacent to an activating group) is 2. The number of aliphatic hydroxyl groups excluding tert-OH is 2. The highest BCUT2D eigenvalue weighted by Crippen LogP contribution is 2.21. The summed E-state index contributed by atoms with van der Waals surface area (Å²) < 4.78 is 23.0. The molecule has 96 heavy (non-hydrogen) atoms. The van der Waals surface area contributed by atoms with Gasteiger partial charge in [-0.25, -0.2) is 27.2 Å². The Balaban J connectivity index is -0.000000120. The van der Waals surface area contributed by atoms with Crippen LogP contribution >= 0.6 is 0 Å². The fourth-order valence-electron chi connectivity index (χ4n) is 5.52. The summed E-state index contributed by atoms with van der Waals surface area (Å²) in [6.07, 6.45) is 5.06. The lowest BCUT2D eigenvalue weighted by atomic mass is 9.84. The second-order valence-electron chi connectivity index (χ2n) is 34.4. The van der Waals surface area contributed by atoms with Gasteiger partial charge in [0.2, 0.25) is 6.04 Å². The van der Waals surface area contributed by atoms with Crippen molar-refractivity contribution >= 4 is 0 Å². The molecule has 9 aliphatic rings. The second kappa shape index (κ2) is 73.0. The molecule has 12 N–H and O–H groups in total. The van der Waals surface area contributed by atoms with Crippen molar-refractivity contribution in [2.75, 3.05) is 153 Å². The second-order valence-corrected chi connectivity index (χ2v) is 34.4. The fourth-order valence-corrected chi connectivity index (χ4v) is 5.52. The highest BCUT2D eigenvalue weighted by molar-refractivity contribution is 4.92. The van der Waals surface area contributed by atoms with Gasteiger partial charge in [0, 0.05) is 95.3 Å². The zero-order valence-corrected chi connectivity index (χ0v) is 70.7. The van der Waals surface area contributed by atoms with E-state index in [0.29, 0.717) is 17.4 Å². The standard InChI is InChI=1S/C6H14N2.C6H13NO.C5H12N2.C5H8N2.C5H11NO2.C5H11N.C4H6N2.9C4H10.C3H5F2N.C3H7N/c1-8(2)6-3-4-7-5-6;1-6(2,8)5-3-7-4-5;1-7(2)5-3-6-4-5;1-6-5-3-2-4-7-5;7-3-5(4-8)1-6-2-5;1-5(2)3-6-4-5;1-5-4-2-6-3-4;9*1-4(2)3;4-3(5)1-6-2-3;1-2-4-3-1/h6-7H,3-5H2,1-2H3;5,7-8H,3-4H2,1-2H3;5-6H,3-4H2,1-2H3;5,7H,2-4H2;6-8H,1-4H2;6H,3-4H2,1-2H3;4,6H,2-3H2;9*4H,1-3H3;6H,1-2H2;4H,1-3H2. The van der Waals surface area contributed by atoms with Gasteiger partial charge < -0.3 is 72.5 Å². The van der Waals surface area contributed by atoms with Crippen molar-refractivity contribution < 1.29 is 24.1 Å². The minimum absolute atomic E-state index is 0.0938. The van der Waals surface area contributed by atoms with Gasteiger partial charge >= 0.3 is 0 Å². The van der Waals surface area contributed by atoms with E-state index < -0.39 is 11.5 Å². The monoisotopic (exact) mass is 1380 g/mol. The van der Waals surface area contributed by atoms with Crippen LogP contribution in [0.25, 0.3) is 9.69 Å². The van der Waals surface area contributed by atoms with Crippen LogP contribution in [0.5, 0.6) is 0 Å². The van der Waals surface area contributed by atoms with E-state index in [1.165, 1.54) is 71.6 Å². The lowest BCUT2D eigenvalue weighted by molar-refractivity contribution is -0.0475. The third-order valence-corrected chi connectivity index (χ3v) is 11.5. The quantitative estimate of drug-likeness (QED) is 0.117. The molecule has 9 heterocycles. The molecule has 0 aromatic heterocycles. The third-order valence-electron chi connectivity index (χ3n) is 11.5. The Hall–Kier alpha value is -1.72. The number of hydrogen-bond donors (Lipinski definition) is 12. The van der Waals surface area contributed by atoms with Gasteiger partial charge in [-0.1, -0.05) is 201 Å². The van der Waals surface area contributed by atoms with E-state index in [2.05, 4.69) is 296 Å². The Labute approximate surface area is 600 Å². The molecule has 0 amide bonds. The van der Waals surface area contributed by atoms with Crippen LogP contribution in [0, 0.1) is 83.2 Å². The molecular weight excluding hydrogens is 1200 g/mol. The molecule has 9 saturated heterocycles. The maximum Gasteiger partial charge on any atom is 0.277 e. The largest absolute Gasteiger partial charge is 0.396 e. The molecule has 2 atom stereocenters. The molecule has 0 spiro atoms. The van der Waals surface area contributed by atoms with Crippen molar-refractivity contribution in [1.29, 1.82) is 0 Å². The van der Waals surface area contributed by atoms with E-state index in [1.807, 2.05) is 13.8 Å². The third kappa shape index (κ3) is 114. The van der Waals surface area contributed by atoms with Crippen molar-refractivity contribution in [3.63, 3.8) is 0 Å². The van der Waals surface area contributed by atoms with Crippen molar-refractivity contribution in [2.24, 2.45) is 70.0 Å². The highest BCUT2D eigenvalue weighted by atomic mass is 19.3. The molecule has 16 nitrogen and oxygen atoms in total. The molecule has 9 aliphatic heterocycles. The maximum absolute atomic E-state index is 11.5.